The van der Waals surface area contributed by atoms with Crippen molar-refractivity contribution in [3.8, 4) is 11.5 Å². The van der Waals surface area contributed by atoms with Crippen LogP contribution >= 0.6 is 0 Å². The van der Waals surface area contributed by atoms with Gasteiger partial charge in [-0.2, -0.15) is 0 Å². The molecule has 26 heavy (non-hydrogen) atoms. The molecule has 2 amide bonds. The minimum Gasteiger partial charge on any atom is -0.454 e. The van der Waals surface area contributed by atoms with Crippen molar-refractivity contribution in [3.05, 3.63) is 17.7 Å². The summed E-state index contributed by atoms with van der Waals surface area (Å²) in [5.74, 6) is 0.505. The van der Waals surface area contributed by atoms with Crippen LogP contribution in [0.1, 0.15) is 30.1 Å². The number of hydrogen-bond acceptors (Lipinski definition) is 6. The topological polar surface area (TPSA) is 97.0 Å². The third kappa shape index (κ3) is 3.96. The molecule has 8 nitrogen and oxygen atoms in total. The lowest BCUT2D eigenvalue weighted by Gasteiger charge is -2.31. The Labute approximate surface area is 151 Å². The van der Waals surface area contributed by atoms with Crippen LogP contribution in [0.3, 0.4) is 0 Å². The summed E-state index contributed by atoms with van der Waals surface area (Å²) in [5.41, 5.74) is 0.788. The number of rotatable bonds is 5. The molecule has 8 heteroatoms. The number of nitrogens with zero attached hydrogens (tertiary/aromatic N) is 1. The van der Waals surface area contributed by atoms with Crippen LogP contribution in [0.5, 0.6) is 11.5 Å². The van der Waals surface area contributed by atoms with Crippen LogP contribution in [-0.2, 0) is 9.59 Å². The Morgan fingerprint density at radius 3 is 2.65 bits per heavy atom. The summed E-state index contributed by atoms with van der Waals surface area (Å²) in [5, 5.41) is 5.45. The molecule has 1 unspecified atom stereocenters. The lowest BCUT2D eigenvalue weighted by atomic mass is 9.97. The minimum absolute atomic E-state index is 0.00439. The lowest BCUT2D eigenvalue weighted by Crippen LogP contribution is -2.44. The molecular formula is C18H23N3O5. The summed E-state index contributed by atoms with van der Waals surface area (Å²) < 4.78 is 10.6. The number of benzene rings is 1. The summed E-state index contributed by atoms with van der Waals surface area (Å²) in [4.78, 5) is 38.1. The first-order valence-electron chi connectivity index (χ1n) is 8.66. The van der Waals surface area contributed by atoms with Gasteiger partial charge in [-0.15, -0.1) is 0 Å². The molecule has 1 fully saturated rings. The number of carbonyl (C=O) groups excluding carboxylic acids is 3. The predicted octanol–water partition coefficient (Wildman–Crippen LogP) is 1.01. The van der Waals surface area contributed by atoms with Gasteiger partial charge in [-0.3, -0.25) is 19.3 Å². The van der Waals surface area contributed by atoms with Crippen molar-refractivity contribution in [1.29, 1.82) is 0 Å². The second kappa shape index (κ2) is 7.74. The molecule has 0 saturated carbocycles. The van der Waals surface area contributed by atoms with Crippen LogP contribution in [0, 0.1) is 5.92 Å². The number of ether oxygens (including phenoxy) is 2. The first-order valence-corrected chi connectivity index (χ1v) is 8.66. The van der Waals surface area contributed by atoms with E-state index >= 15 is 0 Å². The number of carbonyl (C=O) groups is 3. The first kappa shape index (κ1) is 18.2. The summed E-state index contributed by atoms with van der Waals surface area (Å²) in [7, 11) is 1.62. The van der Waals surface area contributed by atoms with E-state index in [2.05, 4.69) is 10.6 Å². The van der Waals surface area contributed by atoms with E-state index in [4.69, 9.17) is 9.47 Å². The fraction of sp³-hybridized carbons (Fsp3) is 0.500. The Morgan fingerprint density at radius 1 is 1.23 bits per heavy atom. The van der Waals surface area contributed by atoms with Crippen molar-refractivity contribution in [2.45, 2.75) is 19.8 Å². The molecule has 0 aliphatic carbocycles. The fourth-order valence-electron chi connectivity index (χ4n) is 3.35. The zero-order valence-electron chi connectivity index (χ0n) is 15.0. The van der Waals surface area contributed by atoms with Crippen LogP contribution < -0.4 is 20.1 Å². The van der Waals surface area contributed by atoms with Crippen molar-refractivity contribution in [2.24, 2.45) is 5.92 Å². The van der Waals surface area contributed by atoms with Crippen molar-refractivity contribution in [1.82, 2.24) is 10.2 Å². The Kier molecular flexibility index (Phi) is 5.41. The molecule has 1 atom stereocenters. The Hall–Kier alpha value is -2.61. The highest BCUT2D eigenvalue weighted by molar-refractivity contribution is 6.05. The molecule has 1 aromatic rings. The molecular weight excluding hydrogens is 338 g/mol. The normalized spacial score (nSPS) is 19.1. The zero-order chi connectivity index (χ0) is 18.7. The third-order valence-electron chi connectivity index (χ3n) is 4.66. The number of amides is 2. The van der Waals surface area contributed by atoms with Gasteiger partial charge in [-0.1, -0.05) is 0 Å². The van der Waals surface area contributed by atoms with Gasteiger partial charge in [0.15, 0.2) is 17.3 Å². The molecule has 0 spiro atoms. The van der Waals surface area contributed by atoms with Gasteiger partial charge in [-0.05, 0) is 32.4 Å². The van der Waals surface area contributed by atoms with Gasteiger partial charge in [-0.25, -0.2) is 0 Å². The Morgan fingerprint density at radius 2 is 1.96 bits per heavy atom. The molecule has 2 aliphatic rings. The number of Topliss-reactive ketones (excluding diaryl/α,β-unsaturated/α-hetero) is 1. The molecule has 0 aromatic heterocycles. The van der Waals surface area contributed by atoms with Gasteiger partial charge in [0.05, 0.1) is 18.2 Å². The highest BCUT2D eigenvalue weighted by Crippen LogP contribution is 2.37. The number of piperidine rings is 1. The maximum atomic E-state index is 12.5. The average molecular weight is 361 g/mol. The third-order valence-corrected chi connectivity index (χ3v) is 4.66. The van der Waals surface area contributed by atoms with E-state index in [0.717, 1.165) is 19.4 Å². The standard InChI is InChI=1S/C18H23N3O5/c1-11(22)13-6-15-16(26-10-25-15)7-14(13)20-17(23)9-21-5-3-4-12(8-21)18(24)19-2/h6-7,12H,3-5,8-10H2,1-2H3,(H,19,24)(H,20,23). The van der Waals surface area contributed by atoms with Crippen molar-refractivity contribution < 1.29 is 23.9 Å². The van der Waals surface area contributed by atoms with Gasteiger partial charge in [0.1, 0.15) is 0 Å². The maximum absolute atomic E-state index is 12.5. The van der Waals surface area contributed by atoms with Crippen LogP contribution in [0.15, 0.2) is 12.1 Å². The minimum atomic E-state index is -0.232. The number of fused-ring (bicyclic) bond motifs is 1. The molecule has 0 radical (unpaired) electrons. The van der Waals surface area contributed by atoms with Crippen LogP contribution in [0.25, 0.3) is 0 Å². The zero-order valence-corrected chi connectivity index (χ0v) is 15.0. The molecule has 0 bridgehead atoms. The molecule has 1 saturated heterocycles. The number of ketones is 1. The van der Waals surface area contributed by atoms with E-state index in [9.17, 15) is 14.4 Å². The first-order chi connectivity index (χ1) is 12.5. The van der Waals surface area contributed by atoms with Crippen molar-refractivity contribution >= 4 is 23.3 Å². The summed E-state index contributed by atoms with van der Waals surface area (Å²) in [6.45, 7) is 3.01. The van der Waals surface area contributed by atoms with Crippen LogP contribution in [-0.4, -0.2) is 56.0 Å². The summed E-state index contributed by atoms with van der Waals surface area (Å²) in [6, 6.07) is 3.20. The second-order valence-electron chi connectivity index (χ2n) is 6.54. The Balaban J connectivity index is 1.66. The summed E-state index contributed by atoms with van der Waals surface area (Å²) in [6.07, 6.45) is 1.70. The lowest BCUT2D eigenvalue weighted by molar-refractivity contribution is -0.127. The van der Waals surface area contributed by atoms with Crippen LogP contribution in [0.4, 0.5) is 5.69 Å². The van der Waals surface area contributed by atoms with Crippen molar-refractivity contribution in [2.75, 3.05) is 38.8 Å². The second-order valence-corrected chi connectivity index (χ2v) is 6.54. The van der Waals surface area contributed by atoms with E-state index in [1.165, 1.54) is 6.92 Å². The van der Waals surface area contributed by atoms with Gasteiger partial charge < -0.3 is 20.1 Å². The van der Waals surface area contributed by atoms with E-state index in [-0.39, 0.29) is 36.9 Å². The highest BCUT2D eigenvalue weighted by Gasteiger charge is 2.27. The van der Waals surface area contributed by atoms with Crippen molar-refractivity contribution in [3.63, 3.8) is 0 Å². The maximum Gasteiger partial charge on any atom is 0.238 e. The quantitative estimate of drug-likeness (QED) is 0.760. The van der Waals surface area contributed by atoms with E-state index in [1.807, 2.05) is 4.90 Å². The predicted molar refractivity (Wildman–Crippen MR) is 94.4 cm³/mol. The highest BCUT2D eigenvalue weighted by atomic mass is 16.7. The Bertz CT molecular complexity index is 734. The number of anilines is 1. The molecule has 2 N–H and O–H groups in total. The monoisotopic (exact) mass is 361 g/mol. The largest absolute Gasteiger partial charge is 0.454 e. The fourth-order valence-corrected chi connectivity index (χ4v) is 3.35. The van der Waals surface area contributed by atoms with E-state index in [1.54, 1.807) is 19.2 Å². The molecule has 3 rings (SSSR count). The smallest absolute Gasteiger partial charge is 0.238 e. The van der Waals surface area contributed by atoms with Gasteiger partial charge in [0.2, 0.25) is 18.6 Å². The average Bonchev–Trinajstić information content (AvgIpc) is 3.07. The number of hydrogen-bond donors (Lipinski definition) is 2. The summed E-state index contributed by atoms with van der Waals surface area (Å²) >= 11 is 0. The number of nitrogens with one attached hydrogen (secondary N) is 2. The van der Waals surface area contributed by atoms with Gasteiger partial charge in [0, 0.05) is 25.2 Å². The number of likely N-dealkylation sites (tertiary alicyclic amines) is 1. The van der Waals surface area contributed by atoms with E-state index < -0.39 is 0 Å². The molecule has 1 aromatic carbocycles. The van der Waals surface area contributed by atoms with Crippen LogP contribution in [0.2, 0.25) is 0 Å². The van der Waals surface area contributed by atoms with E-state index in [0.29, 0.717) is 29.3 Å². The molecule has 2 aliphatic heterocycles. The van der Waals surface area contributed by atoms with Gasteiger partial charge >= 0.3 is 0 Å². The van der Waals surface area contributed by atoms with Gasteiger partial charge in [0.25, 0.3) is 0 Å². The molecule has 2 heterocycles. The SMILES string of the molecule is CNC(=O)C1CCCN(CC(=O)Nc2cc3c(cc2C(C)=O)OCO3)C1. The molecule has 140 valence electrons.